The average Bonchev–Trinajstić information content (AvgIpc) is 3.55. The van der Waals surface area contributed by atoms with Crippen molar-refractivity contribution in [2.45, 2.75) is 23.9 Å². The number of benzene rings is 2. The first-order chi connectivity index (χ1) is 16.7. The number of rotatable bonds is 7. The zero-order valence-corrected chi connectivity index (χ0v) is 19.9. The molecule has 0 spiro atoms. The predicted molar refractivity (Wildman–Crippen MR) is 131 cm³/mol. The Bertz CT molecular complexity index is 1310. The molecule has 1 aliphatic rings. The highest BCUT2D eigenvalue weighted by Crippen LogP contribution is 2.39. The number of amides is 1. The van der Waals surface area contributed by atoms with Crippen LogP contribution in [-0.2, 0) is 4.79 Å². The quantitative estimate of drug-likeness (QED) is 0.291. The first kappa shape index (κ1) is 22.2. The second kappa shape index (κ2) is 9.72. The number of hydrogen-bond donors (Lipinski definition) is 0. The zero-order chi connectivity index (χ0) is 23.5. The lowest BCUT2D eigenvalue weighted by molar-refractivity contribution is -0.129. The minimum atomic E-state index is -0.0376. The standard InChI is InChI=1S/C25H25N5O3S/c1-32-18-10-11-22(33-2)19(13-18)21-9-6-12-29(21)23(31)15-34-25-20-14-28-30(24(20)26-16-27-25)17-7-4-3-5-8-17/h3-5,7-8,10-11,13-14,16,21H,6,9,12,15H2,1-2H3/t21-/m0/s1. The first-order valence-corrected chi connectivity index (χ1v) is 12.1. The van der Waals surface area contributed by atoms with Gasteiger partial charge in [-0.25, -0.2) is 14.6 Å². The molecule has 1 atom stereocenters. The summed E-state index contributed by atoms with van der Waals surface area (Å²) >= 11 is 1.42. The molecule has 5 rings (SSSR count). The lowest BCUT2D eigenvalue weighted by Crippen LogP contribution is -2.32. The Hall–Kier alpha value is -3.59. The highest BCUT2D eigenvalue weighted by atomic mass is 32.2. The molecule has 1 fully saturated rings. The van der Waals surface area contributed by atoms with Gasteiger partial charge in [-0.2, -0.15) is 5.10 Å². The molecule has 0 bridgehead atoms. The van der Waals surface area contributed by atoms with Crippen molar-refractivity contribution in [1.29, 1.82) is 0 Å². The molecule has 34 heavy (non-hydrogen) atoms. The van der Waals surface area contributed by atoms with E-state index in [0.29, 0.717) is 0 Å². The number of methoxy groups -OCH3 is 2. The molecule has 0 radical (unpaired) electrons. The topological polar surface area (TPSA) is 82.4 Å². The van der Waals surface area contributed by atoms with Gasteiger partial charge >= 0.3 is 0 Å². The van der Waals surface area contributed by atoms with E-state index in [1.54, 1.807) is 25.1 Å². The summed E-state index contributed by atoms with van der Waals surface area (Å²) in [7, 11) is 3.29. The number of ether oxygens (including phenoxy) is 2. The van der Waals surface area contributed by atoms with Crippen LogP contribution < -0.4 is 9.47 Å². The summed E-state index contributed by atoms with van der Waals surface area (Å²) in [6, 6.07) is 15.5. The van der Waals surface area contributed by atoms with Gasteiger partial charge in [-0.05, 0) is 43.2 Å². The third kappa shape index (κ3) is 4.19. The first-order valence-electron chi connectivity index (χ1n) is 11.1. The smallest absolute Gasteiger partial charge is 0.233 e. The number of nitrogens with zero attached hydrogens (tertiary/aromatic N) is 5. The molecular weight excluding hydrogens is 450 g/mol. The summed E-state index contributed by atoms with van der Waals surface area (Å²) in [5.41, 5.74) is 2.62. The van der Waals surface area contributed by atoms with Gasteiger partial charge in [-0.1, -0.05) is 30.0 Å². The molecule has 3 heterocycles. The number of aromatic nitrogens is 4. The number of carbonyl (C=O) groups is 1. The van der Waals surface area contributed by atoms with Crippen molar-refractivity contribution in [2.24, 2.45) is 0 Å². The normalized spacial score (nSPS) is 15.6. The van der Waals surface area contributed by atoms with Crippen LogP contribution in [0.3, 0.4) is 0 Å². The van der Waals surface area contributed by atoms with E-state index < -0.39 is 0 Å². The van der Waals surface area contributed by atoms with Crippen LogP contribution in [0.1, 0.15) is 24.4 Å². The van der Waals surface area contributed by atoms with Crippen molar-refractivity contribution < 1.29 is 14.3 Å². The van der Waals surface area contributed by atoms with Crippen LogP contribution >= 0.6 is 11.8 Å². The summed E-state index contributed by atoms with van der Waals surface area (Å²) in [5.74, 6) is 1.87. The molecule has 9 heteroatoms. The Morgan fingerprint density at radius 2 is 1.97 bits per heavy atom. The minimum absolute atomic E-state index is 0.0376. The van der Waals surface area contributed by atoms with Gasteiger partial charge in [0.25, 0.3) is 0 Å². The van der Waals surface area contributed by atoms with E-state index in [0.717, 1.165) is 58.2 Å². The van der Waals surface area contributed by atoms with Crippen molar-refractivity contribution >= 4 is 28.7 Å². The van der Waals surface area contributed by atoms with Gasteiger partial charge in [0.05, 0.1) is 43.3 Å². The second-order valence-corrected chi connectivity index (χ2v) is 8.91. The zero-order valence-electron chi connectivity index (χ0n) is 19.0. The van der Waals surface area contributed by atoms with Gasteiger partial charge in [-0.15, -0.1) is 0 Å². The second-order valence-electron chi connectivity index (χ2n) is 7.95. The molecule has 0 N–H and O–H groups in total. The average molecular weight is 476 g/mol. The van der Waals surface area contributed by atoms with Gasteiger partial charge in [0, 0.05) is 12.1 Å². The molecule has 4 aromatic rings. The highest BCUT2D eigenvalue weighted by molar-refractivity contribution is 8.00. The van der Waals surface area contributed by atoms with E-state index in [1.165, 1.54) is 18.1 Å². The molecular formula is C25H25N5O3S. The number of fused-ring (bicyclic) bond motifs is 1. The van der Waals surface area contributed by atoms with Crippen LogP contribution in [0.4, 0.5) is 0 Å². The van der Waals surface area contributed by atoms with E-state index in [2.05, 4.69) is 15.1 Å². The van der Waals surface area contributed by atoms with Crippen molar-refractivity contribution in [1.82, 2.24) is 24.6 Å². The van der Waals surface area contributed by atoms with E-state index in [-0.39, 0.29) is 17.7 Å². The highest BCUT2D eigenvalue weighted by Gasteiger charge is 2.32. The maximum atomic E-state index is 13.3. The Morgan fingerprint density at radius 1 is 1.12 bits per heavy atom. The third-order valence-corrected chi connectivity index (χ3v) is 7.02. The van der Waals surface area contributed by atoms with Gasteiger partial charge < -0.3 is 14.4 Å². The summed E-state index contributed by atoms with van der Waals surface area (Å²) < 4.78 is 12.8. The lowest BCUT2D eigenvalue weighted by Gasteiger charge is -2.26. The molecule has 2 aromatic heterocycles. The van der Waals surface area contributed by atoms with E-state index >= 15 is 0 Å². The molecule has 2 aromatic carbocycles. The molecule has 1 aliphatic heterocycles. The third-order valence-electron chi connectivity index (χ3n) is 6.03. The van der Waals surface area contributed by atoms with Crippen LogP contribution in [0.2, 0.25) is 0 Å². The number of hydrogen-bond acceptors (Lipinski definition) is 7. The van der Waals surface area contributed by atoms with Crippen molar-refractivity contribution in [2.75, 3.05) is 26.5 Å². The van der Waals surface area contributed by atoms with E-state index in [4.69, 9.17) is 9.47 Å². The van der Waals surface area contributed by atoms with Crippen LogP contribution in [0.25, 0.3) is 16.7 Å². The van der Waals surface area contributed by atoms with Crippen LogP contribution in [0, 0.1) is 0 Å². The largest absolute Gasteiger partial charge is 0.497 e. The Kier molecular flexibility index (Phi) is 6.35. The molecule has 1 amide bonds. The Balaban J connectivity index is 1.35. The van der Waals surface area contributed by atoms with Crippen molar-refractivity contribution in [3.63, 3.8) is 0 Å². The van der Waals surface area contributed by atoms with Gasteiger partial charge in [0.2, 0.25) is 5.91 Å². The molecule has 1 saturated heterocycles. The van der Waals surface area contributed by atoms with Gasteiger partial charge in [-0.3, -0.25) is 4.79 Å². The van der Waals surface area contributed by atoms with Crippen LogP contribution in [0.15, 0.2) is 66.1 Å². The van der Waals surface area contributed by atoms with Crippen LogP contribution in [-0.4, -0.2) is 57.1 Å². The molecule has 8 nitrogen and oxygen atoms in total. The Morgan fingerprint density at radius 3 is 2.76 bits per heavy atom. The van der Waals surface area contributed by atoms with E-state index in [1.807, 2.05) is 53.4 Å². The summed E-state index contributed by atoms with van der Waals surface area (Å²) in [6.07, 6.45) is 5.12. The fraction of sp³-hybridized carbons (Fsp3) is 0.280. The fourth-order valence-corrected chi connectivity index (χ4v) is 5.24. The number of carbonyl (C=O) groups excluding carboxylic acids is 1. The fourth-order valence-electron chi connectivity index (χ4n) is 4.40. The SMILES string of the molecule is COc1ccc(OC)c([C@@H]2CCCN2C(=O)CSc2ncnc3c2cnn3-c2ccccc2)c1. The number of thioether (sulfide) groups is 1. The summed E-state index contributed by atoms with van der Waals surface area (Å²) in [5, 5.41) is 6.07. The monoisotopic (exact) mass is 475 g/mol. The van der Waals surface area contributed by atoms with Crippen molar-refractivity contribution in [3.8, 4) is 17.2 Å². The molecule has 0 saturated carbocycles. The molecule has 0 aliphatic carbocycles. The van der Waals surface area contributed by atoms with E-state index in [9.17, 15) is 4.79 Å². The number of para-hydroxylation sites is 1. The van der Waals surface area contributed by atoms with Crippen molar-refractivity contribution in [3.05, 3.63) is 66.6 Å². The van der Waals surface area contributed by atoms with Gasteiger partial charge in [0.15, 0.2) is 5.65 Å². The number of likely N-dealkylation sites (tertiary alicyclic amines) is 1. The van der Waals surface area contributed by atoms with Crippen LogP contribution in [0.5, 0.6) is 11.5 Å². The summed E-state index contributed by atoms with van der Waals surface area (Å²) in [6.45, 7) is 0.718. The lowest BCUT2D eigenvalue weighted by atomic mass is 10.0. The Labute approximate surface area is 201 Å². The molecule has 0 unspecified atom stereocenters. The maximum Gasteiger partial charge on any atom is 0.233 e. The van der Waals surface area contributed by atoms with Gasteiger partial charge in [0.1, 0.15) is 22.9 Å². The predicted octanol–water partition coefficient (Wildman–Crippen LogP) is 4.29. The summed E-state index contributed by atoms with van der Waals surface area (Å²) in [4.78, 5) is 24.1. The maximum absolute atomic E-state index is 13.3. The minimum Gasteiger partial charge on any atom is -0.497 e. The molecule has 174 valence electrons.